The van der Waals surface area contributed by atoms with Gasteiger partial charge in [-0.25, -0.2) is 9.67 Å². The van der Waals surface area contributed by atoms with E-state index in [1.807, 2.05) is 4.68 Å². The van der Waals surface area contributed by atoms with Crippen LogP contribution < -0.4 is 5.73 Å². The van der Waals surface area contributed by atoms with Gasteiger partial charge in [-0.3, -0.25) is 0 Å². The molecule has 17 heavy (non-hydrogen) atoms. The highest BCUT2D eigenvalue weighted by atomic mass is 16.5. The average molecular weight is 238 g/mol. The standard InChI is InChI=1S/C12H22N4O/c1-9(2)16-12(14-8-15-16)7-10(13)11-5-3-4-6-17-11/h8-11H,3-7,13H2,1-2H3. The Hall–Kier alpha value is -0.940. The first kappa shape index (κ1) is 12.5. The van der Waals surface area contributed by atoms with E-state index >= 15 is 0 Å². The van der Waals surface area contributed by atoms with Crippen molar-refractivity contribution < 1.29 is 4.74 Å². The number of hydrogen-bond donors (Lipinski definition) is 1. The van der Waals surface area contributed by atoms with Crippen LogP contribution in [0.3, 0.4) is 0 Å². The second-order valence-electron chi connectivity index (χ2n) is 4.99. The quantitative estimate of drug-likeness (QED) is 0.858. The molecule has 1 aromatic rings. The molecule has 2 rings (SSSR count). The van der Waals surface area contributed by atoms with Crippen LogP contribution in [-0.4, -0.2) is 33.5 Å². The maximum atomic E-state index is 6.20. The third-order valence-corrected chi connectivity index (χ3v) is 3.25. The Morgan fingerprint density at radius 3 is 3.00 bits per heavy atom. The number of ether oxygens (including phenoxy) is 1. The lowest BCUT2D eigenvalue weighted by atomic mass is 10.00. The highest BCUT2D eigenvalue weighted by molar-refractivity contribution is 4.93. The molecule has 1 aliphatic heterocycles. The molecule has 2 heterocycles. The van der Waals surface area contributed by atoms with Crippen LogP contribution in [0.2, 0.25) is 0 Å². The van der Waals surface area contributed by atoms with Crippen LogP contribution in [0.25, 0.3) is 0 Å². The monoisotopic (exact) mass is 238 g/mol. The van der Waals surface area contributed by atoms with Crippen molar-refractivity contribution in [3.8, 4) is 0 Å². The molecule has 1 aliphatic rings. The van der Waals surface area contributed by atoms with Crippen molar-refractivity contribution in [2.24, 2.45) is 5.73 Å². The van der Waals surface area contributed by atoms with E-state index in [9.17, 15) is 0 Å². The van der Waals surface area contributed by atoms with E-state index in [0.717, 1.165) is 31.7 Å². The largest absolute Gasteiger partial charge is 0.377 e. The van der Waals surface area contributed by atoms with Gasteiger partial charge in [0.1, 0.15) is 12.2 Å². The van der Waals surface area contributed by atoms with Crippen molar-refractivity contribution in [2.75, 3.05) is 6.61 Å². The molecule has 1 aromatic heterocycles. The maximum absolute atomic E-state index is 6.20. The Bertz CT molecular complexity index is 344. The molecule has 1 saturated heterocycles. The molecule has 5 nitrogen and oxygen atoms in total. The predicted molar refractivity (Wildman–Crippen MR) is 65.7 cm³/mol. The normalized spacial score (nSPS) is 22.9. The zero-order valence-electron chi connectivity index (χ0n) is 10.7. The van der Waals surface area contributed by atoms with Crippen molar-refractivity contribution in [1.29, 1.82) is 0 Å². The Balaban J connectivity index is 1.97. The number of aromatic nitrogens is 3. The molecule has 0 radical (unpaired) electrons. The summed E-state index contributed by atoms with van der Waals surface area (Å²) in [6.45, 7) is 5.04. The number of nitrogens with two attached hydrogens (primary N) is 1. The first-order valence-electron chi connectivity index (χ1n) is 6.44. The van der Waals surface area contributed by atoms with E-state index in [2.05, 4.69) is 23.9 Å². The molecule has 0 saturated carbocycles. The third kappa shape index (κ3) is 3.04. The Kier molecular flexibility index (Phi) is 4.12. The number of nitrogens with zero attached hydrogens (tertiary/aromatic N) is 3. The van der Waals surface area contributed by atoms with E-state index in [0.29, 0.717) is 6.04 Å². The lowest BCUT2D eigenvalue weighted by Gasteiger charge is -2.27. The highest BCUT2D eigenvalue weighted by Gasteiger charge is 2.23. The van der Waals surface area contributed by atoms with Gasteiger partial charge in [-0.05, 0) is 33.1 Å². The van der Waals surface area contributed by atoms with Gasteiger partial charge in [0.25, 0.3) is 0 Å². The summed E-state index contributed by atoms with van der Waals surface area (Å²) in [6.07, 6.45) is 5.96. The van der Waals surface area contributed by atoms with Gasteiger partial charge >= 0.3 is 0 Å². The molecule has 1 fully saturated rings. The van der Waals surface area contributed by atoms with Crippen molar-refractivity contribution in [3.05, 3.63) is 12.2 Å². The summed E-state index contributed by atoms with van der Waals surface area (Å²) in [6, 6.07) is 0.351. The molecule has 0 spiro atoms. The second-order valence-corrected chi connectivity index (χ2v) is 4.99. The lowest BCUT2D eigenvalue weighted by Crippen LogP contribution is -2.41. The minimum atomic E-state index is 0.0250. The van der Waals surface area contributed by atoms with Crippen LogP contribution in [-0.2, 0) is 11.2 Å². The van der Waals surface area contributed by atoms with Crippen LogP contribution >= 0.6 is 0 Å². The molecule has 2 atom stereocenters. The van der Waals surface area contributed by atoms with Crippen molar-refractivity contribution >= 4 is 0 Å². The Morgan fingerprint density at radius 1 is 1.53 bits per heavy atom. The van der Waals surface area contributed by atoms with Gasteiger partial charge in [0.2, 0.25) is 0 Å². The fourth-order valence-corrected chi connectivity index (χ4v) is 2.30. The SMILES string of the molecule is CC(C)n1ncnc1CC(N)C1CCCCO1. The smallest absolute Gasteiger partial charge is 0.138 e. The summed E-state index contributed by atoms with van der Waals surface area (Å²) in [7, 11) is 0. The van der Waals surface area contributed by atoms with E-state index < -0.39 is 0 Å². The van der Waals surface area contributed by atoms with Gasteiger partial charge in [0, 0.05) is 25.1 Å². The summed E-state index contributed by atoms with van der Waals surface area (Å²) in [4.78, 5) is 4.29. The van der Waals surface area contributed by atoms with Crippen molar-refractivity contribution in [1.82, 2.24) is 14.8 Å². The van der Waals surface area contributed by atoms with Gasteiger partial charge in [0.15, 0.2) is 0 Å². The Morgan fingerprint density at radius 2 is 2.35 bits per heavy atom. The topological polar surface area (TPSA) is 66.0 Å². The van der Waals surface area contributed by atoms with E-state index in [4.69, 9.17) is 10.5 Å². The summed E-state index contributed by atoms with van der Waals surface area (Å²) in [5.74, 6) is 0.960. The van der Waals surface area contributed by atoms with Gasteiger partial charge in [-0.15, -0.1) is 0 Å². The van der Waals surface area contributed by atoms with Crippen LogP contribution in [0.4, 0.5) is 0 Å². The molecule has 0 aromatic carbocycles. The molecule has 0 bridgehead atoms. The molecule has 2 N–H and O–H groups in total. The average Bonchev–Trinajstić information content (AvgIpc) is 2.78. The summed E-state index contributed by atoms with van der Waals surface area (Å²) >= 11 is 0. The molecule has 0 aliphatic carbocycles. The zero-order chi connectivity index (χ0) is 12.3. The summed E-state index contributed by atoms with van der Waals surface area (Å²) in [5, 5.41) is 4.22. The molecular formula is C12H22N4O. The van der Waals surface area contributed by atoms with Gasteiger partial charge < -0.3 is 10.5 Å². The minimum absolute atomic E-state index is 0.0250. The van der Waals surface area contributed by atoms with E-state index in [-0.39, 0.29) is 12.1 Å². The predicted octanol–water partition coefficient (Wildman–Crippen LogP) is 1.30. The summed E-state index contributed by atoms with van der Waals surface area (Å²) in [5.41, 5.74) is 6.20. The summed E-state index contributed by atoms with van der Waals surface area (Å²) < 4.78 is 7.64. The fourth-order valence-electron chi connectivity index (χ4n) is 2.30. The highest BCUT2D eigenvalue weighted by Crippen LogP contribution is 2.17. The molecule has 2 unspecified atom stereocenters. The molecule has 5 heteroatoms. The molecule has 96 valence electrons. The third-order valence-electron chi connectivity index (χ3n) is 3.25. The van der Waals surface area contributed by atoms with Crippen molar-refractivity contribution in [2.45, 2.75) is 57.7 Å². The van der Waals surface area contributed by atoms with Gasteiger partial charge in [-0.1, -0.05) is 0 Å². The fraction of sp³-hybridized carbons (Fsp3) is 0.833. The first-order valence-corrected chi connectivity index (χ1v) is 6.44. The van der Waals surface area contributed by atoms with Gasteiger partial charge in [-0.2, -0.15) is 5.10 Å². The van der Waals surface area contributed by atoms with Crippen LogP contribution in [0, 0.1) is 0 Å². The van der Waals surface area contributed by atoms with Crippen LogP contribution in [0.1, 0.15) is 45.0 Å². The first-order chi connectivity index (χ1) is 8.18. The Labute approximate surface area is 102 Å². The second kappa shape index (κ2) is 5.60. The minimum Gasteiger partial charge on any atom is -0.377 e. The zero-order valence-corrected chi connectivity index (χ0v) is 10.7. The number of hydrogen-bond acceptors (Lipinski definition) is 4. The number of rotatable bonds is 4. The van der Waals surface area contributed by atoms with Gasteiger partial charge in [0.05, 0.1) is 6.10 Å². The maximum Gasteiger partial charge on any atom is 0.138 e. The lowest BCUT2D eigenvalue weighted by molar-refractivity contribution is 0.0000747. The molecular weight excluding hydrogens is 216 g/mol. The molecule has 0 amide bonds. The van der Waals surface area contributed by atoms with Crippen LogP contribution in [0.15, 0.2) is 6.33 Å². The van der Waals surface area contributed by atoms with Crippen molar-refractivity contribution in [3.63, 3.8) is 0 Å². The van der Waals surface area contributed by atoms with E-state index in [1.165, 1.54) is 6.42 Å². The van der Waals surface area contributed by atoms with Crippen LogP contribution in [0.5, 0.6) is 0 Å². The van der Waals surface area contributed by atoms with E-state index in [1.54, 1.807) is 6.33 Å².